The first kappa shape index (κ1) is 17.3. The van der Waals surface area contributed by atoms with E-state index < -0.39 is 0 Å². The monoisotopic (exact) mass is 381 g/mol. The molecule has 7 heteroatoms. The Labute approximate surface area is 144 Å². The van der Waals surface area contributed by atoms with Crippen LogP contribution in [0.3, 0.4) is 0 Å². The standard InChI is InChI=1S/C16H20BrN3O3/c1-5-20-9-12(17)13(18-20)10-19(2)16(21)11-6-7-14(22-3)15(8-11)23-4/h6-9H,5,10H2,1-4H3. The third kappa shape index (κ3) is 3.85. The molecule has 0 atom stereocenters. The minimum Gasteiger partial charge on any atom is -0.493 e. The number of rotatable bonds is 6. The first-order valence-corrected chi connectivity index (χ1v) is 7.98. The van der Waals surface area contributed by atoms with Crippen molar-refractivity contribution >= 4 is 21.8 Å². The Morgan fingerprint density at radius 1 is 1.30 bits per heavy atom. The summed E-state index contributed by atoms with van der Waals surface area (Å²) in [6.45, 7) is 3.22. The molecule has 0 aliphatic carbocycles. The van der Waals surface area contributed by atoms with Crippen LogP contribution in [0.25, 0.3) is 0 Å². The second kappa shape index (κ2) is 7.50. The topological polar surface area (TPSA) is 56.6 Å². The van der Waals surface area contributed by atoms with Crippen molar-refractivity contribution in [3.05, 3.63) is 40.1 Å². The molecule has 0 unspecified atom stereocenters. The average Bonchev–Trinajstić information content (AvgIpc) is 2.93. The summed E-state index contributed by atoms with van der Waals surface area (Å²) in [5, 5.41) is 4.44. The van der Waals surface area contributed by atoms with E-state index in [9.17, 15) is 4.79 Å². The van der Waals surface area contributed by atoms with E-state index in [-0.39, 0.29) is 5.91 Å². The Morgan fingerprint density at radius 3 is 2.57 bits per heavy atom. The lowest BCUT2D eigenvalue weighted by molar-refractivity contribution is 0.0782. The number of hydrogen-bond acceptors (Lipinski definition) is 4. The van der Waals surface area contributed by atoms with Gasteiger partial charge in [0.25, 0.3) is 5.91 Å². The highest BCUT2D eigenvalue weighted by molar-refractivity contribution is 9.10. The normalized spacial score (nSPS) is 10.5. The van der Waals surface area contributed by atoms with Crippen LogP contribution in [0.5, 0.6) is 11.5 Å². The molecular formula is C16H20BrN3O3. The van der Waals surface area contributed by atoms with Crippen molar-refractivity contribution in [3.8, 4) is 11.5 Å². The number of amides is 1. The highest BCUT2D eigenvalue weighted by Gasteiger charge is 2.17. The van der Waals surface area contributed by atoms with Crippen molar-refractivity contribution in [3.63, 3.8) is 0 Å². The number of halogens is 1. The average molecular weight is 382 g/mol. The Bertz CT molecular complexity index is 700. The third-order valence-electron chi connectivity index (χ3n) is 3.48. The second-order valence-corrected chi connectivity index (χ2v) is 5.86. The van der Waals surface area contributed by atoms with Crippen LogP contribution < -0.4 is 9.47 Å². The van der Waals surface area contributed by atoms with Crippen LogP contribution in [0, 0.1) is 0 Å². The molecular weight excluding hydrogens is 362 g/mol. The van der Waals surface area contributed by atoms with Crippen LogP contribution >= 0.6 is 15.9 Å². The molecule has 23 heavy (non-hydrogen) atoms. The third-order valence-corrected chi connectivity index (χ3v) is 4.14. The highest BCUT2D eigenvalue weighted by atomic mass is 79.9. The number of benzene rings is 1. The maximum atomic E-state index is 12.6. The molecule has 1 aromatic carbocycles. The van der Waals surface area contributed by atoms with Crippen LogP contribution in [-0.2, 0) is 13.1 Å². The molecule has 124 valence electrons. The van der Waals surface area contributed by atoms with Gasteiger partial charge in [-0.15, -0.1) is 0 Å². The van der Waals surface area contributed by atoms with Gasteiger partial charge in [0.1, 0.15) is 0 Å². The maximum absolute atomic E-state index is 12.6. The van der Waals surface area contributed by atoms with Gasteiger partial charge in [-0.1, -0.05) is 0 Å². The van der Waals surface area contributed by atoms with Gasteiger partial charge in [-0.05, 0) is 41.1 Å². The fourth-order valence-electron chi connectivity index (χ4n) is 2.19. The minimum atomic E-state index is -0.107. The minimum absolute atomic E-state index is 0.107. The van der Waals surface area contributed by atoms with E-state index >= 15 is 0 Å². The van der Waals surface area contributed by atoms with E-state index in [2.05, 4.69) is 21.0 Å². The Kier molecular flexibility index (Phi) is 5.65. The molecule has 2 aromatic rings. The number of carbonyl (C=O) groups excluding carboxylic acids is 1. The van der Waals surface area contributed by atoms with Gasteiger partial charge in [-0.3, -0.25) is 9.48 Å². The van der Waals surface area contributed by atoms with E-state index in [1.807, 2.05) is 17.8 Å². The molecule has 0 aliphatic heterocycles. The molecule has 0 spiro atoms. The molecule has 0 bridgehead atoms. The van der Waals surface area contributed by atoms with Crippen molar-refractivity contribution in [2.24, 2.45) is 0 Å². The van der Waals surface area contributed by atoms with Crippen molar-refractivity contribution in [2.45, 2.75) is 20.0 Å². The van der Waals surface area contributed by atoms with Crippen LogP contribution in [0.2, 0.25) is 0 Å². The summed E-state index contributed by atoms with van der Waals surface area (Å²) in [7, 11) is 4.85. The van der Waals surface area contributed by atoms with Gasteiger partial charge in [0.15, 0.2) is 11.5 Å². The van der Waals surface area contributed by atoms with Crippen LogP contribution in [0.4, 0.5) is 0 Å². The highest BCUT2D eigenvalue weighted by Crippen LogP contribution is 2.28. The number of aryl methyl sites for hydroxylation is 1. The lowest BCUT2D eigenvalue weighted by atomic mass is 10.1. The fourth-order valence-corrected chi connectivity index (χ4v) is 2.63. The van der Waals surface area contributed by atoms with E-state index in [0.717, 1.165) is 16.7 Å². The first-order chi connectivity index (χ1) is 11.0. The zero-order valence-electron chi connectivity index (χ0n) is 13.7. The van der Waals surface area contributed by atoms with Crippen LogP contribution in [0.15, 0.2) is 28.9 Å². The van der Waals surface area contributed by atoms with Gasteiger partial charge < -0.3 is 14.4 Å². The largest absolute Gasteiger partial charge is 0.493 e. The lowest BCUT2D eigenvalue weighted by Crippen LogP contribution is -2.26. The first-order valence-electron chi connectivity index (χ1n) is 7.19. The molecule has 0 radical (unpaired) electrons. The number of hydrogen-bond donors (Lipinski definition) is 0. The predicted octanol–water partition coefficient (Wildman–Crippen LogP) is 2.95. The molecule has 1 aromatic heterocycles. The lowest BCUT2D eigenvalue weighted by Gasteiger charge is -2.17. The SMILES string of the molecule is CCn1cc(Br)c(CN(C)C(=O)c2ccc(OC)c(OC)c2)n1. The van der Waals surface area contributed by atoms with E-state index in [1.54, 1.807) is 44.4 Å². The Hall–Kier alpha value is -2.02. The fraction of sp³-hybridized carbons (Fsp3) is 0.375. The van der Waals surface area contributed by atoms with E-state index in [0.29, 0.717) is 23.6 Å². The maximum Gasteiger partial charge on any atom is 0.254 e. The summed E-state index contributed by atoms with van der Waals surface area (Å²) in [6, 6.07) is 5.12. The van der Waals surface area contributed by atoms with Gasteiger partial charge in [-0.25, -0.2) is 0 Å². The van der Waals surface area contributed by atoms with Crippen molar-refractivity contribution in [1.82, 2.24) is 14.7 Å². The molecule has 0 saturated carbocycles. The summed E-state index contributed by atoms with van der Waals surface area (Å²) in [5.74, 6) is 1.02. The summed E-state index contributed by atoms with van der Waals surface area (Å²) in [5.41, 5.74) is 1.36. The quantitative estimate of drug-likeness (QED) is 0.771. The number of nitrogens with zero attached hydrogens (tertiary/aromatic N) is 3. The van der Waals surface area contributed by atoms with E-state index in [1.165, 1.54) is 0 Å². The van der Waals surface area contributed by atoms with Crippen molar-refractivity contribution in [1.29, 1.82) is 0 Å². The van der Waals surface area contributed by atoms with E-state index in [4.69, 9.17) is 9.47 Å². The molecule has 2 rings (SSSR count). The van der Waals surface area contributed by atoms with Crippen molar-refractivity contribution < 1.29 is 14.3 Å². The number of methoxy groups -OCH3 is 2. The predicted molar refractivity (Wildman–Crippen MR) is 90.9 cm³/mol. The Balaban J connectivity index is 2.17. The summed E-state index contributed by atoms with van der Waals surface area (Å²) >= 11 is 3.48. The molecule has 0 N–H and O–H groups in total. The molecule has 0 saturated heterocycles. The molecule has 1 amide bonds. The van der Waals surface area contributed by atoms with Gasteiger partial charge in [0, 0.05) is 25.4 Å². The molecule has 0 fully saturated rings. The molecule has 0 aliphatic rings. The zero-order chi connectivity index (χ0) is 17.0. The number of ether oxygens (including phenoxy) is 2. The van der Waals surface area contributed by atoms with Crippen LogP contribution in [0.1, 0.15) is 23.0 Å². The summed E-state index contributed by atoms with van der Waals surface area (Å²) < 4.78 is 13.2. The number of carbonyl (C=O) groups is 1. The van der Waals surface area contributed by atoms with Gasteiger partial charge in [0.2, 0.25) is 0 Å². The Morgan fingerprint density at radius 2 is 2.00 bits per heavy atom. The van der Waals surface area contributed by atoms with Crippen LogP contribution in [-0.4, -0.2) is 41.9 Å². The summed E-state index contributed by atoms with van der Waals surface area (Å²) in [4.78, 5) is 14.2. The van der Waals surface area contributed by atoms with Gasteiger partial charge in [0.05, 0.1) is 30.9 Å². The van der Waals surface area contributed by atoms with Crippen molar-refractivity contribution in [2.75, 3.05) is 21.3 Å². The zero-order valence-corrected chi connectivity index (χ0v) is 15.3. The number of aromatic nitrogens is 2. The smallest absolute Gasteiger partial charge is 0.254 e. The second-order valence-electron chi connectivity index (χ2n) is 5.01. The van der Waals surface area contributed by atoms with Gasteiger partial charge >= 0.3 is 0 Å². The molecule has 1 heterocycles. The summed E-state index contributed by atoms with van der Waals surface area (Å²) in [6.07, 6.45) is 1.91. The van der Waals surface area contributed by atoms with Gasteiger partial charge in [-0.2, -0.15) is 5.10 Å². The molecule has 6 nitrogen and oxygen atoms in total.